The summed E-state index contributed by atoms with van der Waals surface area (Å²) in [6.07, 6.45) is 1.82. The van der Waals surface area contributed by atoms with Crippen LogP contribution in [0, 0.1) is 0 Å². The second-order valence-corrected chi connectivity index (χ2v) is 9.91. The number of fused-ring (bicyclic) bond motifs is 1. The number of aromatic nitrogens is 2. The van der Waals surface area contributed by atoms with Crippen LogP contribution in [0.15, 0.2) is 53.0 Å². The fourth-order valence-corrected chi connectivity index (χ4v) is 5.48. The number of nitrogens with zero attached hydrogens (tertiary/aromatic N) is 3. The first-order valence-corrected chi connectivity index (χ1v) is 9.31. The smallest absolute Gasteiger partial charge is 0.172 e. The zero-order valence-electron chi connectivity index (χ0n) is 12.7. The molecule has 0 aliphatic carbocycles. The fraction of sp³-hybridized carbons (Fsp3) is 0.250. The summed E-state index contributed by atoms with van der Waals surface area (Å²) in [7, 11) is 0. The van der Waals surface area contributed by atoms with E-state index in [1.54, 1.807) is 35.2 Å². The Morgan fingerprint density at radius 2 is 1.82 bits per heavy atom. The van der Waals surface area contributed by atoms with Crippen molar-refractivity contribution in [2.75, 3.05) is 3.71 Å². The molecule has 0 saturated heterocycles. The van der Waals surface area contributed by atoms with Gasteiger partial charge in [0.25, 0.3) is 0 Å². The van der Waals surface area contributed by atoms with Crippen LogP contribution in [0.5, 0.6) is 0 Å². The first kappa shape index (κ1) is 15.6. The fourth-order valence-electron chi connectivity index (χ4n) is 1.78. The Bertz CT molecular complexity index is 717. The van der Waals surface area contributed by atoms with Crippen LogP contribution in [0.25, 0.3) is 10.2 Å². The Balaban J connectivity index is 1.89. The largest absolute Gasteiger partial charge is 0.238 e. The van der Waals surface area contributed by atoms with Gasteiger partial charge in [-0.3, -0.25) is 0 Å². The zero-order chi connectivity index (χ0) is 15.6. The van der Waals surface area contributed by atoms with Crippen molar-refractivity contribution >= 4 is 51.3 Å². The lowest BCUT2D eigenvalue weighted by Crippen LogP contribution is -2.17. The molecule has 22 heavy (non-hydrogen) atoms. The van der Waals surface area contributed by atoms with E-state index in [1.165, 1.54) is 4.70 Å². The maximum atomic E-state index is 4.71. The van der Waals surface area contributed by atoms with E-state index in [0.29, 0.717) is 0 Å². The van der Waals surface area contributed by atoms with Gasteiger partial charge in [-0.25, -0.2) is 13.7 Å². The van der Waals surface area contributed by atoms with E-state index in [1.807, 2.05) is 30.5 Å². The highest BCUT2D eigenvalue weighted by Crippen LogP contribution is 2.41. The van der Waals surface area contributed by atoms with Gasteiger partial charge in [0.15, 0.2) is 4.34 Å². The average Bonchev–Trinajstić information content (AvgIpc) is 2.88. The Morgan fingerprint density at radius 3 is 2.50 bits per heavy atom. The van der Waals surface area contributed by atoms with E-state index in [2.05, 4.69) is 47.7 Å². The summed E-state index contributed by atoms with van der Waals surface area (Å²) < 4.78 is 4.49. The van der Waals surface area contributed by atoms with Gasteiger partial charge in [0.05, 0.1) is 10.2 Å². The van der Waals surface area contributed by atoms with Crippen molar-refractivity contribution in [3.05, 3.63) is 48.7 Å². The first-order valence-electron chi connectivity index (χ1n) is 6.95. The molecule has 1 aromatic carbocycles. The van der Waals surface area contributed by atoms with Gasteiger partial charge in [-0.1, -0.05) is 18.2 Å². The van der Waals surface area contributed by atoms with Crippen molar-refractivity contribution in [3.8, 4) is 0 Å². The third-order valence-electron chi connectivity index (χ3n) is 2.63. The van der Waals surface area contributed by atoms with Gasteiger partial charge in [0.1, 0.15) is 5.82 Å². The average molecular weight is 348 g/mol. The van der Waals surface area contributed by atoms with Crippen molar-refractivity contribution in [3.63, 3.8) is 0 Å². The van der Waals surface area contributed by atoms with E-state index < -0.39 is 0 Å². The maximum Gasteiger partial charge on any atom is 0.172 e. The van der Waals surface area contributed by atoms with Crippen LogP contribution in [-0.2, 0) is 0 Å². The molecule has 3 aromatic rings. The molecular formula is C16H17N3S3. The number of benzene rings is 1. The van der Waals surface area contributed by atoms with Crippen LogP contribution >= 0.6 is 35.2 Å². The summed E-state index contributed by atoms with van der Waals surface area (Å²) in [4.78, 5) is 9.18. The molecule has 3 nitrogen and oxygen atoms in total. The zero-order valence-corrected chi connectivity index (χ0v) is 15.1. The second-order valence-electron chi connectivity index (χ2n) is 5.69. The van der Waals surface area contributed by atoms with Crippen LogP contribution in [0.4, 0.5) is 5.82 Å². The molecule has 6 heteroatoms. The Hall–Kier alpha value is -1.24. The van der Waals surface area contributed by atoms with Gasteiger partial charge < -0.3 is 0 Å². The van der Waals surface area contributed by atoms with Gasteiger partial charge in [-0.15, -0.1) is 11.3 Å². The number of pyridine rings is 1. The summed E-state index contributed by atoms with van der Waals surface area (Å²) in [6.45, 7) is 6.60. The molecule has 0 unspecified atom stereocenters. The van der Waals surface area contributed by atoms with Crippen LogP contribution in [-0.4, -0.2) is 14.7 Å². The van der Waals surface area contributed by atoms with Crippen molar-refractivity contribution in [2.45, 2.75) is 29.9 Å². The van der Waals surface area contributed by atoms with Crippen LogP contribution in [0.2, 0.25) is 0 Å². The standard InChI is InChI=1S/C16H17N3S3/c1-16(2,3)22-19(14-10-6-7-11-17-14)21-15-18-12-8-4-5-9-13(12)20-15/h4-11H,1-3H3. The monoisotopic (exact) mass is 347 g/mol. The van der Waals surface area contributed by atoms with Crippen molar-refractivity contribution < 1.29 is 0 Å². The lowest BCUT2D eigenvalue weighted by Gasteiger charge is -2.27. The van der Waals surface area contributed by atoms with Crippen molar-refractivity contribution in [2.24, 2.45) is 0 Å². The summed E-state index contributed by atoms with van der Waals surface area (Å²) in [6, 6.07) is 14.2. The van der Waals surface area contributed by atoms with Gasteiger partial charge in [-0.2, -0.15) is 0 Å². The molecule has 0 saturated carbocycles. The molecule has 0 bridgehead atoms. The van der Waals surface area contributed by atoms with E-state index in [-0.39, 0.29) is 4.75 Å². The molecule has 114 valence electrons. The van der Waals surface area contributed by atoms with Crippen molar-refractivity contribution in [1.82, 2.24) is 9.97 Å². The van der Waals surface area contributed by atoms with Gasteiger partial charge in [0.2, 0.25) is 0 Å². The minimum absolute atomic E-state index is 0.0984. The molecule has 3 rings (SSSR count). The predicted octanol–water partition coefficient (Wildman–Crippen LogP) is 5.65. The molecule has 0 amide bonds. The minimum Gasteiger partial charge on any atom is -0.238 e. The third kappa shape index (κ3) is 3.94. The highest BCUT2D eigenvalue weighted by molar-refractivity contribution is 8.19. The highest BCUT2D eigenvalue weighted by Gasteiger charge is 2.21. The van der Waals surface area contributed by atoms with E-state index in [4.69, 9.17) is 4.98 Å². The molecule has 0 radical (unpaired) electrons. The van der Waals surface area contributed by atoms with Crippen LogP contribution in [0.3, 0.4) is 0 Å². The molecule has 0 fully saturated rings. The van der Waals surface area contributed by atoms with E-state index in [0.717, 1.165) is 15.7 Å². The van der Waals surface area contributed by atoms with Gasteiger partial charge in [0, 0.05) is 22.9 Å². The number of hydrogen-bond donors (Lipinski definition) is 0. The predicted molar refractivity (Wildman–Crippen MR) is 99.5 cm³/mol. The quantitative estimate of drug-likeness (QED) is 0.569. The highest BCUT2D eigenvalue weighted by atomic mass is 32.2. The molecule has 0 spiro atoms. The number of rotatable bonds is 4. The topological polar surface area (TPSA) is 29.0 Å². The number of para-hydroxylation sites is 1. The second kappa shape index (κ2) is 6.48. The molecular weight excluding hydrogens is 330 g/mol. The first-order chi connectivity index (χ1) is 10.5. The molecule has 0 N–H and O–H groups in total. The normalized spacial score (nSPS) is 11.8. The minimum atomic E-state index is 0.0984. The number of hydrogen-bond acceptors (Lipinski definition) is 6. The molecule has 0 aliphatic heterocycles. The summed E-state index contributed by atoms with van der Waals surface area (Å²) in [5.74, 6) is 0.937. The van der Waals surface area contributed by atoms with Gasteiger partial charge in [-0.05, 0) is 57.0 Å². The van der Waals surface area contributed by atoms with Gasteiger partial charge >= 0.3 is 0 Å². The van der Waals surface area contributed by atoms with E-state index in [9.17, 15) is 0 Å². The van der Waals surface area contributed by atoms with Crippen molar-refractivity contribution in [1.29, 1.82) is 0 Å². The molecule has 2 aromatic heterocycles. The van der Waals surface area contributed by atoms with Crippen LogP contribution < -0.4 is 3.71 Å². The molecule has 2 heterocycles. The third-order valence-corrected chi connectivity index (χ3v) is 5.88. The van der Waals surface area contributed by atoms with E-state index >= 15 is 0 Å². The molecule has 0 atom stereocenters. The lowest BCUT2D eigenvalue weighted by molar-refractivity contribution is 0.804. The Morgan fingerprint density at radius 1 is 1.05 bits per heavy atom. The lowest BCUT2D eigenvalue weighted by atomic mass is 10.3. The summed E-state index contributed by atoms with van der Waals surface area (Å²) in [5, 5.41) is 0. The Kier molecular flexibility index (Phi) is 4.61. The summed E-state index contributed by atoms with van der Waals surface area (Å²) >= 11 is 5.11. The maximum absolute atomic E-state index is 4.71. The summed E-state index contributed by atoms with van der Waals surface area (Å²) in [5.41, 5.74) is 1.05. The molecule has 0 aliphatic rings. The van der Waals surface area contributed by atoms with Crippen LogP contribution in [0.1, 0.15) is 20.8 Å². The Labute approximate surface area is 143 Å². The SMILES string of the molecule is CC(C)(C)SN(Sc1nc2ccccc2s1)c1ccccn1. The number of thiazole rings is 1. The number of anilines is 1.